The van der Waals surface area contributed by atoms with E-state index in [1.54, 1.807) is 6.20 Å². The molecule has 2 aromatic rings. The number of piperazine rings is 1. The molecule has 3 heterocycles. The van der Waals surface area contributed by atoms with Crippen LogP contribution in [-0.2, 0) is 9.53 Å². The summed E-state index contributed by atoms with van der Waals surface area (Å²) in [5, 5.41) is 2.99. The number of nitrogens with zero attached hydrogens (tertiary/aromatic N) is 3. The molecule has 2 aliphatic heterocycles. The van der Waals surface area contributed by atoms with Crippen LogP contribution >= 0.6 is 0 Å². The molecule has 0 aliphatic carbocycles. The van der Waals surface area contributed by atoms with Gasteiger partial charge in [-0.25, -0.2) is 4.98 Å². The summed E-state index contributed by atoms with van der Waals surface area (Å²) < 4.78 is 5.32. The number of hydrogen-bond acceptors (Lipinski definition) is 5. The predicted octanol–water partition coefficient (Wildman–Crippen LogP) is 3.08. The first kappa shape index (κ1) is 18.7. The van der Waals surface area contributed by atoms with E-state index in [1.807, 2.05) is 12.1 Å². The van der Waals surface area contributed by atoms with Crippen LogP contribution in [0.4, 0.5) is 17.2 Å². The lowest BCUT2D eigenvalue weighted by molar-refractivity contribution is -0.122. The van der Waals surface area contributed by atoms with Gasteiger partial charge in [-0.2, -0.15) is 0 Å². The Bertz CT molecular complexity index is 794. The Kier molecular flexibility index (Phi) is 5.76. The van der Waals surface area contributed by atoms with Gasteiger partial charge in [-0.1, -0.05) is 12.1 Å². The molecule has 2 saturated heterocycles. The summed E-state index contributed by atoms with van der Waals surface area (Å²) in [5.74, 6) is 1.08. The highest BCUT2D eigenvalue weighted by molar-refractivity contribution is 5.92. The Morgan fingerprint density at radius 3 is 2.50 bits per heavy atom. The number of benzene rings is 1. The maximum absolute atomic E-state index is 12.3. The van der Waals surface area contributed by atoms with Crippen molar-refractivity contribution in [3.05, 3.63) is 48.2 Å². The van der Waals surface area contributed by atoms with Crippen LogP contribution in [0.5, 0.6) is 0 Å². The third-order valence-corrected chi connectivity index (χ3v) is 5.58. The van der Waals surface area contributed by atoms with Gasteiger partial charge in [-0.3, -0.25) is 4.79 Å². The molecule has 0 bridgehead atoms. The van der Waals surface area contributed by atoms with Crippen molar-refractivity contribution >= 4 is 23.1 Å². The summed E-state index contributed by atoms with van der Waals surface area (Å²) in [6.07, 6.45) is 3.35. The highest BCUT2D eigenvalue weighted by Crippen LogP contribution is 2.22. The minimum absolute atomic E-state index is 0.0446. The summed E-state index contributed by atoms with van der Waals surface area (Å²) >= 11 is 0. The van der Waals surface area contributed by atoms with Crippen LogP contribution in [0.2, 0.25) is 0 Å². The molecular formula is C22H28N4O2. The molecule has 28 heavy (non-hydrogen) atoms. The fourth-order valence-corrected chi connectivity index (χ4v) is 3.87. The lowest BCUT2D eigenvalue weighted by Gasteiger charge is -2.36. The van der Waals surface area contributed by atoms with E-state index in [2.05, 4.69) is 51.3 Å². The van der Waals surface area contributed by atoms with E-state index < -0.39 is 0 Å². The molecule has 0 spiro atoms. The number of carbonyl (C=O) groups excluding carboxylic acids is 1. The third-order valence-electron chi connectivity index (χ3n) is 5.58. The summed E-state index contributed by atoms with van der Waals surface area (Å²) in [6, 6.07) is 12.6. The van der Waals surface area contributed by atoms with Gasteiger partial charge < -0.3 is 19.9 Å². The summed E-state index contributed by atoms with van der Waals surface area (Å²) in [7, 11) is 0. The minimum atomic E-state index is 0.0446. The third kappa shape index (κ3) is 4.44. The van der Waals surface area contributed by atoms with E-state index >= 15 is 0 Å². The standard InChI is InChI=1S/C22H28N4O2/c1-17-3-2-4-20(15-17)25-9-11-26(12-10-25)21-6-5-19(16-23-21)24-22(27)18-7-13-28-14-8-18/h2-6,15-16,18H,7-14H2,1H3,(H,24,27). The van der Waals surface area contributed by atoms with Gasteiger partial charge in [0.1, 0.15) is 5.82 Å². The van der Waals surface area contributed by atoms with E-state index in [-0.39, 0.29) is 11.8 Å². The molecule has 0 radical (unpaired) electrons. The van der Waals surface area contributed by atoms with Crippen molar-refractivity contribution in [2.75, 3.05) is 54.5 Å². The Morgan fingerprint density at radius 1 is 1.07 bits per heavy atom. The van der Waals surface area contributed by atoms with Crippen molar-refractivity contribution in [1.82, 2.24) is 4.98 Å². The van der Waals surface area contributed by atoms with Crippen LogP contribution in [0.3, 0.4) is 0 Å². The molecule has 148 valence electrons. The fraction of sp³-hybridized carbons (Fsp3) is 0.455. The minimum Gasteiger partial charge on any atom is -0.381 e. The smallest absolute Gasteiger partial charge is 0.227 e. The zero-order chi connectivity index (χ0) is 19.3. The molecule has 0 atom stereocenters. The van der Waals surface area contributed by atoms with Crippen LogP contribution in [0.15, 0.2) is 42.6 Å². The molecule has 0 unspecified atom stereocenters. The van der Waals surface area contributed by atoms with Crippen molar-refractivity contribution < 1.29 is 9.53 Å². The number of carbonyl (C=O) groups is 1. The predicted molar refractivity (Wildman–Crippen MR) is 112 cm³/mol. The highest BCUT2D eigenvalue weighted by Gasteiger charge is 2.22. The molecule has 2 aliphatic rings. The molecule has 0 saturated carbocycles. The number of amides is 1. The van der Waals surface area contributed by atoms with Crippen molar-refractivity contribution in [1.29, 1.82) is 0 Å². The number of hydrogen-bond donors (Lipinski definition) is 1. The normalized spacial score (nSPS) is 18.2. The van der Waals surface area contributed by atoms with Crippen LogP contribution < -0.4 is 15.1 Å². The first-order valence-corrected chi connectivity index (χ1v) is 10.1. The monoisotopic (exact) mass is 380 g/mol. The number of rotatable bonds is 4. The Morgan fingerprint density at radius 2 is 1.82 bits per heavy atom. The quantitative estimate of drug-likeness (QED) is 0.883. The Balaban J connectivity index is 1.31. The van der Waals surface area contributed by atoms with Gasteiger partial charge in [0.15, 0.2) is 0 Å². The number of anilines is 3. The topological polar surface area (TPSA) is 57.7 Å². The van der Waals surface area contributed by atoms with Crippen LogP contribution in [-0.4, -0.2) is 50.3 Å². The van der Waals surface area contributed by atoms with Gasteiger partial charge >= 0.3 is 0 Å². The van der Waals surface area contributed by atoms with Gasteiger partial charge in [-0.15, -0.1) is 0 Å². The second-order valence-electron chi connectivity index (χ2n) is 7.59. The SMILES string of the molecule is Cc1cccc(N2CCN(c3ccc(NC(=O)C4CCOCC4)cn3)CC2)c1. The number of ether oxygens (including phenoxy) is 1. The molecule has 1 N–H and O–H groups in total. The first-order chi connectivity index (χ1) is 13.7. The van der Waals surface area contributed by atoms with Crippen molar-refractivity contribution in [2.45, 2.75) is 19.8 Å². The lowest BCUT2D eigenvalue weighted by Crippen LogP contribution is -2.46. The lowest BCUT2D eigenvalue weighted by atomic mass is 9.99. The van der Waals surface area contributed by atoms with Crippen molar-refractivity contribution in [2.24, 2.45) is 5.92 Å². The van der Waals surface area contributed by atoms with E-state index in [1.165, 1.54) is 11.3 Å². The molecule has 6 nitrogen and oxygen atoms in total. The highest BCUT2D eigenvalue weighted by atomic mass is 16.5. The average Bonchev–Trinajstić information content (AvgIpc) is 2.75. The summed E-state index contributed by atoms with van der Waals surface area (Å²) in [5.41, 5.74) is 3.34. The number of aryl methyl sites for hydroxylation is 1. The molecule has 6 heteroatoms. The van der Waals surface area contributed by atoms with Gasteiger partial charge in [-0.05, 0) is 49.6 Å². The largest absolute Gasteiger partial charge is 0.381 e. The van der Waals surface area contributed by atoms with E-state index in [0.29, 0.717) is 13.2 Å². The maximum Gasteiger partial charge on any atom is 0.227 e. The Labute approximate surface area is 166 Å². The number of pyridine rings is 1. The van der Waals surface area contributed by atoms with Gasteiger partial charge in [0.2, 0.25) is 5.91 Å². The van der Waals surface area contributed by atoms with Crippen LogP contribution in [0.25, 0.3) is 0 Å². The van der Waals surface area contributed by atoms with Gasteiger partial charge in [0.25, 0.3) is 0 Å². The van der Waals surface area contributed by atoms with Gasteiger partial charge in [0, 0.05) is 51.0 Å². The van der Waals surface area contributed by atoms with Crippen LogP contribution in [0.1, 0.15) is 18.4 Å². The van der Waals surface area contributed by atoms with E-state index in [4.69, 9.17) is 4.74 Å². The summed E-state index contributed by atoms with van der Waals surface area (Å²) in [6.45, 7) is 7.31. The van der Waals surface area contributed by atoms with E-state index in [9.17, 15) is 4.79 Å². The zero-order valence-corrected chi connectivity index (χ0v) is 16.4. The summed E-state index contributed by atoms with van der Waals surface area (Å²) in [4.78, 5) is 21.6. The first-order valence-electron chi connectivity index (χ1n) is 10.1. The number of aromatic nitrogens is 1. The van der Waals surface area contributed by atoms with Crippen molar-refractivity contribution in [3.63, 3.8) is 0 Å². The van der Waals surface area contributed by atoms with Crippen LogP contribution in [0, 0.1) is 12.8 Å². The number of nitrogens with one attached hydrogen (secondary N) is 1. The van der Waals surface area contributed by atoms with Gasteiger partial charge in [0.05, 0.1) is 11.9 Å². The molecule has 2 fully saturated rings. The second kappa shape index (κ2) is 8.61. The Hall–Kier alpha value is -2.60. The second-order valence-corrected chi connectivity index (χ2v) is 7.59. The maximum atomic E-state index is 12.3. The van der Waals surface area contributed by atoms with E-state index in [0.717, 1.165) is 50.5 Å². The molecule has 1 aromatic carbocycles. The van der Waals surface area contributed by atoms with Crippen molar-refractivity contribution in [3.8, 4) is 0 Å². The molecule has 1 amide bonds. The zero-order valence-electron chi connectivity index (χ0n) is 16.4. The molecule has 1 aromatic heterocycles. The molecular weight excluding hydrogens is 352 g/mol. The fourth-order valence-electron chi connectivity index (χ4n) is 3.87. The average molecular weight is 380 g/mol. The molecule has 4 rings (SSSR count).